The van der Waals surface area contributed by atoms with Crippen LogP contribution >= 0.6 is 11.3 Å². The van der Waals surface area contributed by atoms with Gasteiger partial charge in [0.25, 0.3) is 0 Å². The van der Waals surface area contributed by atoms with Gasteiger partial charge in [0.1, 0.15) is 4.21 Å². The summed E-state index contributed by atoms with van der Waals surface area (Å²) in [6.45, 7) is -0.344. The molecule has 0 fully saturated rings. The Balaban J connectivity index is 2.82. The Bertz CT molecular complexity index is 524. The van der Waals surface area contributed by atoms with Crippen LogP contribution in [0.2, 0.25) is 0 Å². The zero-order valence-corrected chi connectivity index (χ0v) is 11.8. The molecule has 1 unspecified atom stereocenters. The summed E-state index contributed by atoms with van der Waals surface area (Å²) >= 11 is 0.885. The first-order valence-electron chi connectivity index (χ1n) is 5.31. The Morgan fingerprint density at radius 2 is 2.21 bits per heavy atom. The molecule has 0 radical (unpaired) electrons. The van der Waals surface area contributed by atoms with E-state index in [1.54, 1.807) is 0 Å². The molecule has 0 aliphatic heterocycles. The molecule has 108 valence electrons. The molecule has 19 heavy (non-hydrogen) atoms. The molecular formula is C10H15NO6S2. The van der Waals surface area contributed by atoms with Gasteiger partial charge in [0.15, 0.2) is 0 Å². The zero-order valence-electron chi connectivity index (χ0n) is 10.2. The number of hydrogen-bond acceptors (Lipinski definition) is 6. The van der Waals surface area contributed by atoms with E-state index in [4.69, 9.17) is 14.9 Å². The highest BCUT2D eigenvalue weighted by Crippen LogP contribution is 2.22. The summed E-state index contributed by atoms with van der Waals surface area (Å²) in [5.74, 6) is -1.02. The molecule has 0 saturated heterocycles. The lowest BCUT2D eigenvalue weighted by Crippen LogP contribution is -2.40. The molecule has 1 atom stereocenters. The van der Waals surface area contributed by atoms with E-state index in [-0.39, 0.29) is 23.8 Å². The number of sulfonamides is 1. The molecule has 0 aliphatic rings. The fraction of sp³-hybridized carbons (Fsp3) is 0.500. The van der Waals surface area contributed by atoms with Crippen molar-refractivity contribution in [3.63, 3.8) is 0 Å². The maximum atomic E-state index is 12.0. The van der Waals surface area contributed by atoms with E-state index in [0.29, 0.717) is 4.88 Å². The van der Waals surface area contributed by atoms with Gasteiger partial charge in [-0.15, -0.1) is 11.3 Å². The van der Waals surface area contributed by atoms with E-state index in [9.17, 15) is 13.2 Å². The van der Waals surface area contributed by atoms with Crippen molar-refractivity contribution >= 4 is 27.3 Å². The molecular weight excluding hydrogens is 294 g/mol. The third-order valence-corrected chi connectivity index (χ3v) is 5.23. The van der Waals surface area contributed by atoms with Crippen molar-refractivity contribution in [2.75, 3.05) is 20.3 Å². The van der Waals surface area contributed by atoms with Crippen LogP contribution in [-0.2, 0) is 26.0 Å². The number of methoxy groups -OCH3 is 1. The Morgan fingerprint density at radius 3 is 2.74 bits per heavy atom. The number of aliphatic carboxylic acids is 1. The van der Waals surface area contributed by atoms with Gasteiger partial charge in [-0.25, -0.2) is 13.1 Å². The summed E-state index contributed by atoms with van der Waals surface area (Å²) in [6, 6.07) is 2.06. The van der Waals surface area contributed by atoms with Gasteiger partial charge in [-0.3, -0.25) is 4.79 Å². The first kappa shape index (κ1) is 16.1. The molecule has 9 heteroatoms. The standard InChI is InChI=1S/C10H15NO6S2/c1-17-6-7(5-12)11-19(15,16)10-3-2-8(18-10)4-9(13)14/h2-3,7,11-12H,4-6H2,1H3,(H,13,14). The topological polar surface area (TPSA) is 113 Å². The lowest BCUT2D eigenvalue weighted by Gasteiger charge is -2.14. The zero-order chi connectivity index (χ0) is 14.5. The number of nitrogens with one attached hydrogen (secondary N) is 1. The molecule has 3 N–H and O–H groups in total. The SMILES string of the molecule is COCC(CO)NS(=O)(=O)c1ccc(CC(=O)O)s1. The van der Waals surface area contributed by atoms with E-state index < -0.39 is 22.0 Å². The number of hydrogen-bond donors (Lipinski definition) is 3. The number of aliphatic hydroxyl groups is 1. The number of rotatable bonds is 8. The van der Waals surface area contributed by atoms with Crippen molar-refractivity contribution in [1.82, 2.24) is 4.72 Å². The molecule has 0 amide bonds. The molecule has 0 spiro atoms. The lowest BCUT2D eigenvalue weighted by molar-refractivity contribution is -0.136. The van der Waals surface area contributed by atoms with Crippen molar-refractivity contribution < 1.29 is 28.2 Å². The van der Waals surface area contributed by atoms with E-state index in [1.807, 2.05) is 0 Å². The second-order valence-electron chi connectivity index (χ2n) is 3.75. The third-order valence-electron chi connectivity index (χ3n) is 2.14. The minimum Gasteiger partial charge on any atom is -0.481 e. The van der Waals surface area contributed by atoms with Gasteiger partial charge in [-0.05, 0) is 12.1 Å². The van der Waals surface area contributed by atoms with Crippen LogP contribution in [0.4, 0.5) is 0 Å². The predicted octanol–water partition coefficient (Wildman–Crippen LogP) is -0.339. The van der Waals surface area contributed by atoms with Crippen molar-refractivity contribution in [3.05, 3.63) is 17.0 Å². The van der Waals surface area contributed by atoms with Crippen LogP contribution in [0.5, 0.6) is 0 Å². The quantitative estimate of drug-likeness (QED) is 0.605. The van der Waals surface area contributed by atoms with Gasteiger partial charge in [0.2, 0.25) is 10.0 Å². The van der Waals surface area contributed by atoms with Crippen LogP contribution in [0.25, 0.3) is 0 Å². The van der Waals surface area contributed by atoms with E-state index in [0.717, 1.165) is 11.3 Å². The summed E-state index contributed by atoms with van der Waals surface area (Å²) in [6.07, 6.45) is -0.221. The fourth-order valence-corrected chi connectivity index (χ4v) is 3.92. The van der Waals surface area contributed by atoms with Crippen molar-refractivity contribution in [3.8, 4) is 0 Å². The highest BCUT2D eigenvalue weighted by atomic mass is 32.2. The molecule has 0 aliphatic carbocycles. The number of ether oxygens (including phenoxy) is 1. The van der Waals surface area contributed by atoms with Crippen LogP contribution in [-0.4, -0.2) is 51.0 Å². The van der Waals surface area contributed by atoms with Crippen molar-refractivity contribution in [2.24, 2.45) is 0 Å². The first-order chi connectivity index (χ1) is 8.89. The Hall–Kier alpha value is -1.00. The minimum absolute atomic E-state index is 0.0123. The smallest absolute Gasteiger partial charge is 0.308 e. The Labute approximate surface area is 114 Å². The maximum Gasteiger partial charge on any atom is 0.308 e. The molecule has 1 aromatic rings. The number of carbonyl (C=O) groups is 1. The Morgan fingerprint density at radius 1 is 1.53 bits per heavy atom. The molecule has 1 rings (SSSR count). The molecule has 0 saturated carbocycles. The number of thiophene rings is 1. The number of aliphatic hydroxyl groups excluding tert-OH is 1. The average Bonchev–Trinajstić information content (AvgIpc) is 2.76. The van der Waals surface area contributed by atoms with Gasteiger partial charge in [-0.2, -0.15) is 0 Å². The summed E-state index contributed by atoms with van der Waals surface area (Å²) in [4.78, 5) is 11.0. The van der Waals surface area contributed by atoms with Gasteiger partial charge in [0, 0.05) is 12.0 Å². The average molecular weight is 309 g/mol. The highest BCUT2D eigenvalue weighted by molar-refractivity contribution is 7.91. The minimum atomic E-state index is -3.77. The van der Waals surface area contributed by atoms with Gasteiger partial charge in [0.05, 0.1) is 25.7 Å². The van der Waals surface area contributed by atoms with Gasteiger partial charge >= 0.3 is 5.97 Å². The van der Waals surface area contributed by atoms with Gasteiger partial charge in [-0.1, -0.05) is 0 Å². The number of carboxylic acid groups (broad SMARTS) is 1. The van der Waals surface area contributed by atoms with Crippen LogP contribution < -0.4 is 4.72 Å². The van der Waals surface area contributed by atoms with Crippen LogP contribution in [0.1, 0.15) is 4.88 Å². The molecule has 0 bridgehead atoms. The monoisotopic (exact) mass is 309 g/mol. The Kier molecular flexibility index (Phi) is 5.88. The normalized spacial score (nSPS) is 13.4. The maximum absolute atomic E-state index is 12.0. The molecule has 1 aromatic heterocycles. The van der Waals surface area contributed by atoms with E-state index >= 15 is 0 Å². The van der Waals surface area contributed by atoms with Crippen LogP contribution in [0.15, 0.2) is 16.3 Å². The van der Waals surface area contributed by atoms with Crippen molar-refractivity contribution in [1.29, 1.82) is 0 Å². The summed E-state index contributed by atoms with van der Waals surface area (Å²) < 4.78 is 31.0. The second kappa shape index (κ2) is 6.96. The van der Waals surface area contributed by atoms with E-state index in [1.165, 1.54) is 19.2 Å². The first-order valence-corrected chi connectivity index (χ1v) is 7.61. The fourth-order valence-electron chi connectivity index (χ4n) is 1.35. The van der Waals surface area contributed by atoms with Gasteiger partial charge < -0.3 is 14.9 Å². The summed E-state index contributed by atoms with van der Waals surface area (Å²) in [7, 11) is -2.38. The second-order valence-corrected chi connectivity index (χ2v) is 6.86. The third kappa shape index (κ3) is 4.88. The van der Waals surface area contributed by atoms with Crippen molar-refractivity contribution in [2.45, 2.75) is 16.7 Å². The molecule has 1 heterocycles. The molecule has 0 aromatic carbocycles. The highest BCUT2D eigenvalue weighted by Gasteiger charge is 2.21. The van der Waals surface area contributed by atoms with E-state index in [2.05, 4.69) is 4.72 Å². The summed E-state index contributed by atoms with van der Waals surface area (Å²) in [5.41, 5.74) is 0. The predicted molar refractivity (Wildman–Crippen MR) is 68.7 cm³/mol. The summed E-state index contributed by atoms with van der Waals surface area (Å²) in [5, 5.41) is 17.6. The largest absolute Gasteiger partial charge is 0.481 e. The lowest BCUT2D eigenvalue weighted by atomic mass is 10.3. The van der Waals surface area contributed by atoms with Crippen LogP contribution in [0.3, 0.4) is 0 Å². The van der Waals surface area contributed by atoms with Crippen LogP contribution in [0, 0.1) is 0 Å². The number of carboxylic acids is 1. The molecule has 7 nitrogen and oxygen atoms in total.